The summed E-state index contributed by atoms with van der Waals surface area (Å²) in [6.45, 7) is 8.74. The summed E-state index contributed by atoms with van der Waals surface area (Å²) in [5.41, 5.74) is 3.50. The van der Waals surface area contributed by atoms with Gasteiger partial charge in [0.2, 0.25) is 0 Å². The molecule has 0 aliphatic carbocycles. The largest absolute Gasteiger partial charge is 0.491 e. The van der Waals surface area contributed by atoms with Crippen molar-refractivity contribution in [1.82, 2.24) is 5.32 Å². The first-order valence-corrected chi connectivity index (χ1v) is 9.16. The summed E-state index contributed by atoms with van der Waals surface area (Å²) < 4.78 is 11.2. The highest BCUT2D eigenvalue weighted by Crippen LogP contribution is 2.16. The third-order valence-corrected chi connectivity index (χ3v) is 3.82. The van der Waals surface area contributed by atoms with Crippen LogP contribution >= 0.6 is 0 Å². The number of rotatable bonds is 9. The minimum Gasteiger partial charge on any atom is -0.491 e. The van der Waals surface area contributed by atoms with E-state index in [1.807, 2.05) is 52.0 Å². The van der Waals surface area contributed by atoms with Crippen molar-refractivity contribution in [1.29, 1.82) is 0 Å². The maximum absolute atomic E-state index is 11.9. The summed E-state index contributed by atoms with van der Waals surface area (Å²) >= 11 is 0. The van der Waals surface area contributed by atoms with Gasteiger partial charge >= 0.3 is 0 Å². The summed E-state index contributed by atoms with van der Waals surface area (Å²) in [4.78, 5) is 11.9. The number of carbonyl (C=O) groups excluding carboxylic acids is 1. The third kappa shape index (κ3) is 7.18. The summed E-state index contributed by atoms with van der Waals surface area (Å²) in [6, 6.07) is 14.1. The first-order valence-electron chi connectivity index (χ1n) is 9.16. The van der Waals surface area contributed by atoms with Crippen LogP contribution in [0.3, 0.4) is 0 Å². The first-order chi connectivity index (χ1) is 12.4. The molecule has 2 rings (SSSR count). The molecule has 0 saturated heterocycles. The number of carbonyl (C=O) groups is 1. The van der Waals surface area contributed by atoms with Crippen LogP contribution in [0.25, 0.3) is 0 Å². The van der Waals surface area contributed by atoms with Crippen LogP contribution in [0.4, 0.5) is 0 Å². The zero-order chi connectivity index (χ0) is 18.9. The fraction of sp³-hybridized carbons (Fsp3) is 0.409. The summed E-state index contributed by atoms with van der Waals surface area (Å²) in [6.07, 6.45) is 1.99. The van der Waals surface area contributed by atoms with E-state index in [1.165, 1.54) is 5.56 Å². The summed E-state index contributed by atoms with van der Waals surface area (Å²) in [7, 11) is 0. The van der Waals surface area contributed by atoms with E-state index in [-0.39, 0.29) is 18.6 Å². The quantitative estimate of drug-likeness (QED) is 0.685. The molecule has 0 aromatic heterocycles. The number of hydrogen-bond donors (Lipinski definition) is 1. The van der Waals surface area contributed by atoms with Gasteiger partial charge in [-0.05, 0) is 81.5 Å². The summed E-state index contributed by atoms with van der Waals surface area (Å²) in [5.74, 6) is 1.53. The topological polar surface area (TPSA) is 47.6 Å². The molecule has 0 aliphatic rings. The van der Waals surface area contributed by atoms with Gasteiger partial charge in [0.05, 0.1) is 6.10 Å². The van der Waals surface area contributed by atoms with Crippen LogP contribution in [-0.4, -0.2) is 25.2 Å². The lowest BCUT2D eigenvalue weighted by molar-refractivity contribution is -0.123. The van der Waals surface area contributed by atoms with Crippen molar-refractivity contribution in [2.24, 2.45) is 0 Å². The van der Waals surface area contributed by atoms with E-state index in [0.29, 0.717) is 6.54 Å². The van der Waals surface area contributed by atoms with Crippen LogP contribution < -0.4 is 14.8 Å². The molecule has 4 heteroatoms. The molecule has 0 unspecified atom stereocenters. The van der Waals surface area contributed by atoms with Crippen LogP contribution in [0.1, 0.15) is 37.0 Å². The Morgan fingerprint density at radius 1 is 1.00 bits per heavy atom. The van der Waals surface area contributed by atoms with Crippen LogP contribution in [0.15, 0.2) is 42.5 Å². The molecule has 0 spiro atoms. The van der Waals surface area contributed by atoms with Crippen molar-refractivity contribution in [2.45, 2.75) is 46.6 Å². The number of amides is 1. The standard InChI is InChI=1S/C22H29NO3/c1-16(2)26-20-9-7-19(8-10-20)6-5-11-23-22(24)15-25-21-13-17(3)12-18(4)14-21/h7-10,12-14,16H,5-6,11,15H2,1-4H3,(H,23,24). The zero-order valence-electron chi connectivity index (χ0n) is 16.2. The predicted octanol–water partition coefficient (Wildman–Crippen LogP) is 4.22. The van der Waals surface area contributed by atoms with E-state index in [2.05, 4.69) is 23.5 Å². The molecule has 140 valence electrons. The highest BCUT2D eigenvalue weighted by Gasteiger charge is 2.04. The molecule has 1 N–H and O–H groups in total. The molecule has 0 saturated carbocycles. The zero-order valence-corrected chi connectivity index (χ0v) is 16.2. The van der Waals surface area contributed by atoms with Gasteiger partial charge in [0.1, 0.15) is 11.5 Å². The molecule has 0 radical (unpaired) electrons. The van der Waals surface area contributed by atoms with Crippen molar-refractivity contribution in [3.63, 3.8) is 0 Å². The number of ether oxygens (including phenoxy) is 2. The fourth-order valence-electron chi connectivity index (χ4n) is 2.74. The van der Waals surface area contributed by atoms with E-state index >= 15 is 0 Å². The Labute approximate surface area is 156 Å². The van der Waals surface area contributed by atoms with Crippen molar-refractivity contribution in [3.05, 3.63) is 59.2 Å². The van der Waals surface area contributed by atoms with Gasteiger partial charge in [0.25, 0.3) is 5.91 Å². The van der Waals surface area contributed by atoms with Gasteiger partial charge in [0.15, 0.2) is 6.61 Å². The fourth-order valence-corrected chi connectivity index (χ4v) is 2.74. The lowest BCUT2D eigenvalue weighted by Crippen LogP contribution is -2.29. The molecule has 2 aromatic carbocycles. The lowest BCUT2D eigenvalue weighted by atomic mass is 10.1. The molecule has 26 heavy (non-hydrogen) atoms. The number of nitrogens with one attached hydrogen (secondary N) is 1. The molecule has 1 amide bonds. The minimum atomic E-state index is -0.0927. The van der Waals surface area contributed by atoms with Gasteiger partial charge in [-0.15, -0.1) is 0 Å². The van der Waals surface area contributed by atoms with Gasteiger partial charge in [0, 0.05) is 6.54 Å². The van der Waals surface area contributed by atoms with Crippen LogP contribution in [0.5, 0.6) is 11.5 Å². The highest BCUT2D eigenvalue weighted by molar-refractivity contribution is 5.77. The Morgan fingerprint density at radius 3 is 2.27 bits per heavy atom. The molecule has 0 fully saturated rings. The second-order valence-electron chi connectivity index (χ2n) is 6.88. The molecule has 4 nitrogen and oxygen atoms in total. The monoisotopic (exact) mass is 355 g/mol. The Kier molecular flexibility index (Phi) is 7.52. The molecule has 0 aliphatic heterocycles. The van der Waals surface area contributed by atoms with Gasteiger partial charge in [-0.1, -0.05) is 18.2 Å². The maximum atomic E-state index is 11.9. The van der Waals surface area contributed by atoms with Crippen molar-refractivity contribution in [3.8, 4) is 11.5 Å². The van der Waals surface area contributed by atoms with Gasteiger partial charge in [-0.25, -0.2) is 0 Å². The average Bonchev–Trinajstić information content (AvgIpc) is 2.57. The van der Waals surface area contributed by atoms with E-state index in [9.17, 15) is 4.79 Å². The molecule has 0 bridgehead atoms. The molecule has 0 heterocycles. The Bertz CT molecular complexity index is 688. The lowest BCUT2D eigenvalue weighted by Gasteiger charge is -2.10. The van der Waals surface area contributed by atoms with Gasteiger partial charge in [-0.2, -0.15) is 0 Å². The van der Waals surface area contributed by atoms with Crippen molar-refractivity contribution < 1.29 is 14.3 Å². The maximum Gasteiger partial charge on any atom is 0.257 e. The molecular formula is C22H29NO3. The van der Waals surface area contributed by atoms with E-state index in [1.54, 1.807) is 0 Å². The smallest absolute Gasteiger partial charge is 0.257 e. The highest BCUT2D eigenvalue weighted by atomic mass is 16.5. The second kappa shape index (κ2) is 9.85. The van der Waals surface area contributed by atoms with Crippen LogP contribution in [-0.2, 0) is 11.2 Å². The van der Waals surface area contributed by atoms with Crippen molar-refractivity contribution in [2.75, 3.05) is 13.2 Å². The predicted molar refractivity (Wildman–Crippen MR) is 105 cm³/mol. The number of hydrogen-bond acceptors (Lipinski definition) is 3. The van der Waals surface area contributed by atoms with Crippen LogP contribution in [0.2, 0.25) is 0 Å². The van der Waals surface area contributed by atoms with Crippen LogP contribution in [0, 0.1) is 13.8 Å². The average molecular weight is 355 g/mol. The van der Waals surface area contributed by atoms with E-state index in [4.69, 9.17) is 9.47 Å². The Balaban J connectivity index is 1.65. The van der Waals surface area contributed by atoms with Gasteiger partial charge < -0.3 is 14.8 Å². The van der Waals surface area contributed by atoms with Crippen molar-refractivity contribution >= 4 is 5.91 Å². The second-order valence-corrected chi connectivity index (χ2v) is 6.88. The van der Waals surface area contributed by atoms with E-state index < -0.39 is 0 Å². The molecule has 2 aromatic rings. The third-order valence-electron chi connectivity index (χ3n) is 3.82. The molecular weight excluding hydrogens is 326 g/mol. The Morgan fingerprint density at radius 2 is 1.65 bits per heavy atom. The SMILES string of the molecule is Cc1cc(C)cc(OCC(=O)NCCCc2ccc(OC(C)C)cc2)c1. The summed E-state index contributed by atoms with van der Waals surface area (Å²) in [5, 5.41) is 2.90. The normalized spacial score (nSPS) is 10.7. The number of benzene rings is 2. The Hall–Kier alpha value is -2.49. The molecule has 0 atom stereocenters. The van der Waals surface area contributed by atoms with Gasteiger partial charge in [-0.3, -0.25) is 4.79 Å². The number of aryl methyl sites for hydroxylation is 3. The first kappa shape index (κ1) is 19.8. The minimum absolute atomic E-state index is 0.0458. The van der Waals surface area contributed by atoms with E-state index in [0.717, 1.165) is 35.5 Å².